The summed E-state index contributed by atoms with van der Waals surface area (Å²) in [4.78, 5) is 16.9. The Morgan fingerprint density at radius 2 is 1.96 bits per heavy atom. The summed E-state index contributed by atoms with van der Waals surface area (Å²) in [5.41, 5.74) is 1.73. The van der Waals surface area contributed by atoms with Crippen LogP contribution in [-0.2, 0) is 7.05 Å². The molecule has 0 radical (unpaired) electrons. The monoisotopic (exact) mass is 345 g/mol. The van der Waals surface area contributed by atoms with Crippen LogP contribution >= 0.6 is 0 Å². The minimum absolute atomic E-state index is 0.0180. The number of aryl methyl sites for hydroxylation is 1. The number of hydrogen-bond donors (Lipinski definition) is 2. The van der Waals surface area contributed by atoms with Gasteiger partial charge < -0.3 is 24.6 Å². The summed E-state index contributed by atoms with van der Waals surface area (Å²) in [5.74, 6) is 0.324. The number of carbonyl (C=O) groups excluding carboxylic acids is 1. The predicted octanol–water partition coefficient (Wildman–Crippen LogP) is 0.783. The fourth-order valence-electron chi connectivity index (χ4n) is 3.84. The highest BCUT2D eigenvalue weighted by Crippen LogP contribution is 2.27. The minimum atomic E-state index is 0.0180. The number of aliphatic hydroxyl groups is 2. The molecule has 2 heterocycles. The van der Waals surface area contributed by atoms with E-state index in [0.29, 0.717) is 25.3 Å². The number of likely N-dealkylation sites (tertiary alicyclic amines) is 1. The molecule has 0 unspecified atom stereocenters. The lowest BCUT2D eigenvalue weighted by Gasteiger charge is -2.23. The second kappa shape index (κ2) is 7.56. The SMILES string of the molecule is CN(CCO)C[C@@H]1CN(C(=O)c2cc3ccccc3n2C)C[C@@H]1CO. The number of carbonyl (C=O) groups is 1. The minimum Gasteiger partial charge on any atom is -0.396 e. The number of likely N-dealkylation sites (N-methyl/N-ethyl adjacent to an activating group) is 1. The second-order valence-corrected chi connectivity index (χ2v) is 7.05. The molecule has 0 saturated carbocycles. The lowest BCUT2D eigenvalue weighted by atomic mass is 9.96. The van der Waals surface area contributed by atoms with E-state index in [4.69, 9.17) is 5.11 Å². The largest absolute Gasteiger partial charge is 0.396 e. The smallest absolute Gasteiger partial charge is 0.270 e. The zero-order valence-corrected chi connectivity index (χ0v) is 14.9. The molecule has 1 aromatic heterocycles. The van der Waals surface area contributed by atoms with E-state index in [0.717, 1.165) is 17.4 Å². The van der Waals surface area contributed by atoms with Crippen molar-refractivity contribution in [3.8, 4) is 0 Å². The van der Waals surface area contributed by atoms with E-state index in [1.807, 2.05) is 53.9 Å². The summed E-state index contributed by atoms with van der Waals surface area (Å²) in [6.45, 7) is 2.79. The third kappa shape index (κ3) is 3.56. The van der Waals surface area contributed by atoms with Gasteiger partial charge in [0.25, 0.3) is 5.91 Å². The van der Waals surface area contributed by atoms with Crippen molar-refractivity contribution in [3.63, 3.8) is 0 Å². The van der Waals surface area contributed by atoms with Gasteiger partial charge in [0.1, 0.15) is 5.69 Å². The van der Waals surface area contributed by atoms with Crippen LogP contribution in [0, 0.1) is 11.8 Å². The number of hydrogen-bond acceptors (Lipinski definition) is 4. The lowest BCUT2D eigenvalue weighted by Crippen LogP contribution is -2.33. The second-order valence-electron chi connectivity index (χ2n) is 7.05. The molecule has 0 aliphatic carbocycles. The van der Waals surface area contributed by atoms with Gasteiger partial charge in [0.2, 0.25) is 0 Å². The highest BCUT2D eigenvalue weighted by Gasteiger charge is 2.36. The first-order valence-electron chi connectivity index (χ1n) is 8.79. The van der Waals surface area contributed by atoms with Crippen molar-refractivity contribution < 1.29 is 15.0 Å². The number of para-hydroxylation sites is 1. The number of amides is 1. The Kier molecular flexibility index (Phi) is 5.42. The molecule has 25 heavy (non-hydrogen) atoms. The maximum Gasteiger partial charge on any atom is 0.270 e. The number of aromatic nitrogens is 1. The molecule has 0 spiro atoms. The van der Waals surface area contributed by atoms with E-state index in [-0.39, 0.29) is 31.0 Å². The molecule has 136 valence electrons. The number of aliphatic hydroxyl groups excluding tert-OH is 2. The zero-order chi connectivity index (χ0) is 18.0. The molecule has 1 aliphatic rings. The Labute approximate surface area is 148 Å². The molecular formula is C19H27N3O3. The van der Waals surface area contributed by atoms with Crippen LogP contribution in [0.5, 0.6) is 0 Å². The molecule has 2 aromatic rings. The summed E-state index contributed by atoms with van der Waals surface area (Å²) in [6, 6.07) is 9.91. The number of rotatable bonds is 6. The van der Waals surface area contributed by atoms with Crippen LogP contribution in [0.4, 0.5) is 0 Å². The molecule has 1 fully saturated rings. The van der Waals surface area contributed by atoms with Gasteiger partial charge in [0.15, 0.2) is 0 Å². The molecule has 2 atom stereocenters. The Hall–Kier alpha value is -1.89. The van der Waals surface area contributed by atoms with Crippen LogP contribution in [0.25, 0.3) is 10.9 Å². The number of benzene rings is 1. The van der Waals surface area contributed by atoms with Crippen molar-refractivity contribution in [2.75, 3.05) is 46.4 Å². The first-order valence-corrected chi connectivity index (χ1v) is 8.79. The van der Waals surface area contributed by atoms with Crippen LogP contribution in [-0.4, -0.2) is 76.9 Å². The summed E-state index contributed by atoms with van der Waals surface area (Å²) in [5, 5.41) is 19.8. The van der Waals surface area contributed by atoms with Crippen LogP contribution in [0.1, 0.15) is 10.5 Å². The van der Waals surface area contributed by atoms with Gasteiger partial charge in [0, 0.05) is 56.7 Å². The van der Waals surface area contributed by atoms with Gasteiger partial charge in [-0.05, 0) is 25.1 Å². The topological polar surface area (TPSA) is 68.9 Å². The van der Waals surface area contributed by atoms with E-state index < -0.39 is 0 Å². The van der Waals surface area contributed by atoms with Gasteiger partial charge in [-0.2, -0.15) is 0 Å². The average molecular weight is 345 g/mol. The van der Waals surface area contributed by atoms with Crippen LogP contribution in [0.3, 0.4) is 0 Å². The van der Waals surface area contributed by atoms with Gasteiger partial charge in [-0.15, -0.1) is 0 Å². The van der Waals surface area contributed by atoms with Gasteiger partial charge >= 0.3 is 0 Å². The van der Waals surface area contributed by atoms with Crippen molar-refractivity contribution in [1.29, 1.82) is 0 Å². The molecule has 1 aromatic carbocycles. The molecule has 3 rings (SSSR count). The van der Waals surface area contributed by atoms with Crippen molar-refractivity contribution in [3.05, 3.63) is 36.0 Å². The molecule has 6 nitrogen and oxygen atoms in total. The maximum atomic E-state index is 13.0. The maximum absolute atomic E-state index is 13.0. The van der Waals surface area contributed by atoms with E-state index in [2.05, 4.69) is 4.90 Å². The van der Waals surface area contributed by atoms with Crippen LogP contribution < -0.4 is 0 Å². The van der Waals surface area contributed by atoms with E-state index >= 15 is 0 Å². The normalized spacial score (nSPS) is 20.8. The summed E-state index contributed by atoms with van der Waals surface area (Å²) in [7, 11) is 3.88. The first kappa shape index (κ1) is 17.9. The lowest BCUT2D eigenvalue weighted by molar-refractivity contribution is 0.0770. The van der Waals surface area contributed by atoms with E-state index in [9.17, 15) is 9.90 Å². The standard InChI is InChI=1S/C19H27N3O3/c1-20(7-8-23)10-15-11-22(12-16(15)13-24)19(25)18-9-14-5-3-4-6-17(14)21(18)2/h3-6,9,15-16,23-24H,7-8,10-13H2,1-2H3/t15-,16-/m1/s1. The summed E-state index contributed by atoms with van der Waals surface area (Å²) < 4.78 is 1.94. The quantitative estimate of drug-likeness (QED) is 0.812. The predicted molar refractivity (Wildman–Crippen MR) is 97.5 cm³/mol. The number of fused-ring (bicyclic) bond motifs is 1. The van der Waals surface area contributed by atoms with Gasteiger partial charge in [-0.1, -0.05) is 18.2 Å². The summed E-state index contributed by atoms with van der Waals surface area (Å²) in [6.07, 6.45) is 0. The average Bonchev–Trinajstić information content (AvgIpc) is 3.16. The fraction of sp³-hybridized carbons (Fsp3) is 0.526. The van der Waals surface area contributed by atoms with Crippen LogP contribution in [0.2, 0.25) is 0 Å². The fourth-order valence-corrected chi connectivity index (χ4v) is 3.84. The Morgan fingerprint density at radius 1 is 1.24 bits per heavy atom. The molecule has 6 heteroatoms. The Morgan fingerprint density at radius 3 is 2.64 bits per heavy atom. The first-order chi connectivity index (χ1) is 12.0. The van der Waals surface area contributed by atoms with Crippen LogP contribution in [0.15, 0.2) is 30.3 Å². The third-order valence-electron chi connectivity index (χ3n) is 5.30. The van der Waals surface area contributed by atoms with E-state index in [1.165, 1.54) is 0 Å². The van der Waals surface area contributed by atoms with Gasteiger partial charge in [-0.3, -0.25) is 4.79 Å². The van der Waals surface area contributed by atoms with Crippen molar-refractivity contribution in [2.24, 2.45) is 18.9 Å². The molecule has 2 N–H and O–H groups in total. The van der Waals surface area contributed by atoms with Crippen molar-refractivity contribution in [1.82, 2.24) is 14.4 Å². The van der Waals surface area contributed by atoms with Crippen molar-refractivity contribution in [2.45, 2.75) is 0 Å². The highest BCUT2D eigenvalue weighted by molar-refractivity contribution is 5.98. The molecule has 0 bridgehead atoms. The zero-order valence-electron chi connectivity index (χ0n) is 14.9. The summed E-state index contributed by atoms with van der Waals surface area (Å²) >= 11 is 0. The highest BCUT2D eigenvalue weighted by atomic mass is 16.3. The molecular weight excluding hydrogens is 318 g/mol. The Balaban J connectivity index is 1.77. The van der Waals surface area contributed by atoms with Gasteiger partial charge in [-0.25, -0.2) is 0 Å². The molecule has 1 aliphatic heterocycles. The molecule has 1 saturated heterocycles. The number of nitrogens with zero attached hydrogens (tertiary/aromatic N) is 3. The van der Waals surface area contributed by atoms with Gasteiger partial charge in [0.05, 0.1) is 6.61 Å². The Bertz CT molecular complexity index is 743. The van der Waals surface area contributed by atoms with E-state index in [1.54, 1.807) is 0 Å². The molecule has 1 amide bonds. The third-order valence-corrected chi connectivity index (χ3v) is 5.30. The van der Waals surface area contributed by atoms with Crippen molar-refractivity contribution >= 4 is 16.8 Å².